The Kier molecular flexibility index (Phi) is 6.85. The van der Waals surface area contributed by atoms with Gasteiger partial charge in [0.05, 0.1) is 24.9 Å². The number of carbonyl (C=O) groups excluding carboxylic acids is 1. The summed E-state index contributed by atoms with van der Waals surface area (Å²) in [6.07, 6.45) is -0.0988. The van der Waals surface area contributed by atoms with Gasteiger partial charge in [-0.3, -0.25) is 4.79 Å². The molecule has 0 N–H and O–H groups in total. The summed E-state index contributed by atoms with van der Waals surface area (Å²) < 4.78 is 35.6. The summed E-state index contributed by atoms with van der Waals surface area (Å²) in [7, 11) is -0.703. The van der Waals surface area contributed by atoms with Crippen molar-refractivity contribution in [3.63, 3.8) is 0 Å². The van der Waals surface area contributed by atoms with Crippen molar-refractivity contribution < 1.29 is 22.7 Å². The summed E-state index contributed by atoms with van der Waals surface area (Å²) in [6, 6.07) is 12.0. The van der Waals surface area contributed by atoms with Crippen LogP contribution in [-0.4, -0.2) is 40.8 Å². The van der Waals surface area contributed by atoms with Crippen LogP contribution in [0, 0.1) is 6.92 Å². The minimum atomic E-state index is -3.63. The number of methoxy groups -OCH3 is 2. The smallest absolute Gasteiger partial charge is 0.228 e. The van der Waals surface area contributed by atoms with Crippen molar-refractivity contribution in [3.8, 4) is 11.5 Å². The number of nitrogens with zero attached hydrogens (tertiary/aromatic N) is 1. The van der Waals surface area contributed by atoms with Gasteiger partial charge in [0.1, 0.15) is 0 Å². The second kappa shape index (κ2) is 8.90. The lowest BCUT2D eigenvalue weighted by atomic mass is 10.2. The first kappa shape index (κ1) is 20.8. The van der Waals surface area contributed by atoms with Gasteiger partial charge in [-0.1, -0.05) is 12.1 Å². The molecular formula is C20H25NO5S. The quantitative estimate of drug-likeness (QED) is 0.691. The molecule has 146 valence electrons. The average molecular weight is 391 g/mol. The maximum atomic E-state index is 12.6. The van der Waals surface area contributed by atoms with E-state index in [0.717, 1.165) is 11.3 Å². The standard InChI is InChI=1S/C20H25NO5S/c1-5-21(16-8-6-7-15(2)13-16)20(22)11-12-27(23,24)17-9-10-18(25-3)19(14-17)26-4/h6-10,13-14H,5,11-12H2,1-4H3. The average Bonchev–Trinajstić information content (AvgIpc) is 2.66. The van der Waals surface area contributed by atoms with E-state index in [1.165, 1.54) is 26.4 Å². The molecule has 0 unspecified atom stereocenters. The van der Waals surface area contributed by atoms with E-state index in [0.29, 0.717) is 18.0 Å². The van der Waals surface area contributed by atoms with E-state index in [4.69, 9.17) is 9.47 Å². The molecule has 0 atom stereocenters. The molecule has 6 nitrogen and oxygen atoms in total. The van der Waals surface area contributed by atoms with Crippen LogP contribution in [0.4, 0.5) is 5.69 Å². The topological polar surface area (TPSA) is 72.9 Å². The largest absolute Gasteiger partial charge is 0.493 e. The van der Waals surface area contributed by atoms with Gasteiger partial charge < -0.3 is 14.4 Å². The first-order valence-corrected chi connectivity index (χ1v) is 10.3. The van der Waals surface area contributed by atoms with E-state index in [1.807, 2.05) is 38.1 Å². The fraction of sp³-hybridized carbons (Fsp3) is 0.350. The summed E-state index contributed by atoms with van der Waals surface area (Å²) in [5, 5.41) is 0. The van der Waals surface area contributed by atoms with Gasteiger partial charge in [0.15, 0.2) is 21.3 Å². The summed E-state index contributed by atoms with van der Waals surface area (Å²) in [5.41, 5.74) is 1.81. The van der Waals surface area contributed by atoms with Crippen LogP contribution in [0.5, 0.6) is 11.5 Å². The van der Waals surface area contributed by atoms with Crippen molar-refractivity contribution in [1.29, 1.82) is 0 Å². The molecule has 2 aromatic rings. The van der Waals surface area contributed by atoms with E-state index in [1.54, 1.807) is 11.0 Å². The van der Waals surface area contributed by atoms with Crippen molar-refractivity contribution in [1.82, 2.24) is 0 Å². The second-order valence-corrected chi connectivity index (χ2v) is 8.17. The molecule has 2 aromatic carbocycles. The predicted molar refractivity (Wildman–Crippen MR) is 105 cm³/mol. The van der Waals surface area contributed by atoms with Crippen molar-refractivity contribution in [2.75, 3.05) is 31.4 Å². The van der Waals surface area contributed by atoms with Gasteiger partial charge in [0, 0.05) is 24.7 Å². The zero-order valence-electron chi connectivity index (χ0n) is 16.1. The molecule has 0 radical (unpaired) electrons. The highest BCUT2D eigenvalue weighted by atomic mass is 32.2. The molecule has 0 fully saturated rings. The third-order valence-electron chi connectivity index (χ3n) is 4.23. The number of rotatable bonds is 8. The molecule has 27 heavy (non-hydrogen) atoms. The number of carbonyl (C=O) groups is 1. The van der Waals surface area contributed by atoms with Gasteiger partial charge in [-0.05, 0) is 43.7 Å². The Morgan fingerprint density at radius 3 is 2.33 bits per heavy atom. The highest BCUT2D eigenvalue weighted by Gasteiger charge is 2.21. The van der Waals surface area contributed by atoms with Crippen LogP contribution < -0.4 is 14.4 Å². The Bertz CT molecular complexity index is 908. The maximum Gasteiger partial charge on any atom is 0.228 e. The van der Waals surface area contributed by atoms with Crippen LogP contribution in [0.15, 0.2) is 47.4 Å². The zero-order valence-corrected chi connectivity index (χ0v) is 16.9. The van der Waals surface area contributed by atoms with Crippen LogP contribution in [-0.2, 0) is 14.6 Å². The van der Waals surface area contributed by atoms with Gasteiger partial charge in [-0.25, -0.2) is 8.42 Å². The minimum Gasteiger partial charge on any atom is -0.493 e. The Labute approximate surface area is 160 Å². The molecule has 0 saturated heterocycles. The number of ether oxygens (including phenoxy) is 2. The zero-order chi connectivity index (χ0) is 20.0. The molecular weight excluding hydrogens is 366 g/mol. The summed E-state index contributed by atoms with van der Waals surface area (Å²) in [6.45, 7) is 4.28. The monoisotopic (exact) mass is 391 g/mol. The molecule has 0 bridgehead atoms. The molecule has 0 aliphatic heterocycles. The van der Waals surface area contributed by atoms with Crippen LogP contribution in [0.3, 0.4) is 0 Å². The second-order valence-electron chi connectivity index (χ2n) is 6.06. The highest BCUT2D eigenvalue weighted by molar-refractivity contribution is 7.91. The van der Waals surface area contributed by atoms with Gasteiger partial charge in [0.2, 0.25) is 5.91 Å². The number of hydrogen-bond donors (Lipinski definition) is 0. The SMILES string of the molecule is CCN(C(=O)CCS(=O)(=O)c1ccc(OC)c(OC)c1)c1cccc(C)c1. The van der Waals surface area contributed by atoms with Gasteiger partial charge >= 0.3 is 0 Å². The Hall–Kier alpha value is -2.54. The first-order valence-electron chi connectivity index (χ1n) is 8.64. The predicted octanol–water partition coefficient (Wildman–Crippen LogP) is 3.23. The van der Waals surface area contributed by atoms with E-state index >= 15 is 0 Å². The van der Waals surface area contributed by atoms with Gasteiger partial charge in [-0.2, -0.15) is 0 Å². The number of sulfone groups is 1. The molecule has 1 amide bonds. The first-order chi connectivity index (χ1) is 12.8. The molecule has 0 aliphatic carbocycles. The number of amides is 1. The number of benzene rings is 2. The van der Waals surface area contributed by atoms with Crippen LogP contribution in [0.1, 0.15) is 18.9 Å². The lowest BCUT2D eigenvalue weighted by molar-refractivity contribution is -0.118. The van der Waals surface area contributed by atoms with E-state index in [2.05, 4.69) is 0 Å². The minimum absolute atomic E-state index is 0.0988. The normalized spacial score (nSPS) is 11.1. The van der Waals surface area contributed by atoms with E-state index in [-0.39, 0.29) is 23.0 Å². The van der Waals surface area contributed by atoms with Crippen LogP contribution in [0.2, 0.25) is 0 Å². The third kappa shape index (κ3) is 5.01. The van der Waals surface area contributed by atoms with Gasteiger partial charge in [0.25, 0.3) is 0 Å². The lowest BCUT2D eigenvalue weighted by Crippen LogP contribution is -2.32. The third-order valence-corrected chi connectivity index (χ3v) is 5.94. The van der Waals surface area contributed by atoms with E-state index in [9.17, 15) is 13.2 Å². The van der Waals surface area contributed by atoms with Crippen molar-refractivity contribution in [2.45, 2.75) is 25.2 Å². The summed E-state index contributed by atoms with van der Waals surface area (Å²) in [4.78, 5) is 14.3. The molecule has 0 spiro atoms. The van der Waals surface area contributed by atoms with Crippen LogP contribution >= 0.6 is 0 Å². The van der Waals surface area contributed by atoms with Crippen molar-refractivity contribution in [3.05, 3.63) is 48.0 Å². The number of anilines is 1. The maximum absolute atomic E-state index is 12.6. The summed E-state index contributed by atoms with van der Waals surface area (Å²) >= 11 is 0. The fourth-order valence-electron chi connectivity index (χ4n) is 2.78. The van der Waals surface area contributed by atoms with Crippen molar-refractivity contribution in [2.24, 2.45) is 0 Å². The lowest BCUT2D eigenvalue weighted by Gasteiger charge is -2.21. The molecule has 0 aromatic heterocycles. The Balaban J connectivity index is 2.15. The molecule has 0 saturated carbocycles. The molecule has 0 aliphatic rings. The fourth-order valence-corrected chi connectivity index (χ4v) is 4.02. The van der Waals surface area contributed by atoms with E-state index < -0.39 is 9.84 Å². The Morgan fingerprint density at radius 2 is 1.74 bits per heavy atom. The van der Waals surface area contributed by atoms with Gasteiger partial charge in [-0.15, -0.1) is 0 Å². The molecule has 0 heterocycles. The molecule has 2 rings (SSSR count). The van der Waals surface area contributed by atoms with Crippen LogP contribution in [0.25, 0.3) is 0 Å². The highest BCUT2D eigenvalue weighted by Crippen LogP contribution is 2.30. The molecule has 7 heteroatoms. The number of aryl methyl sites for hydroxylation is 1. The Morgan fingerprint density at radius 1 is 1.04 bits per heavy atom. The van der Waals surface area contributed by atoms with Crippen molar-refractivity contribution >= 4 is 21.4 Å². The summed E-state index contributed by atoms with van der Waals surface area (Å²) in [5.74, 6) is 0.278. The number of hydrogen-bond acceptors (Lipinski definition) is 5.